The van der Waals surface area contributed by atoms with Gasteiger partial charge in [-0.3, -0.25) is 9.69 Å². The number of aryl methyl sites for hydroxylation is 1. The van der Waals surface area contributed by atoms with Crippen LogP contribution in [-0.4, -0.2) is 120 Å². The molecule has 9 heteroatoms. The summed E-state index contributed by atoms with van der Waals surface area (Å²) in [6.45, 7) is 18.1. The molecule has 0 saturated carbocycles. The molecule has 0 aliphatic carbocycles. The standard InChI is InChI=1S/C35H49FN6O2/c1-24(2)33(7-6-10-39-13-11-38(5)12-14-39)40-20-28(21-40)27-17-31(34-19-37-26(4)42(34)22-27)30-9-8-29(36)18-32(30)35(43)41-15-16-44-23-25(41)3/h8-9,17-19,22,24-25,28,33H,6-7,10-16,20-21,23H2,1-5H3/t25-,33+/m1/s1. The highest BCUT2D eigenvalue weighted by atomic mass is 19.1. The average Bonchev–Trinajstić information content (AvgIpc) is 3.36. The van der Waals surface area contributed by atoms with E-state index >= 15 is 0 Å². The lowest BCUT2D eigenvalue weighted by atomic mass is 9.85. The van der Waals surface area contributed by atoms with Crippen LogP contribution < -0.4 is 0 Å². The van der Waals surface area contributed by atoms with Crippen molar-refractivity contribution in [1.82, 2.24) is 29.0 Å². The predicted octanol–water partition coefficient (Wildman–Crippen LogP) is 4.76. The fourth-order valence-electron chi connectivity index (χ4n) is 7.32. The maximum atomic E-state index is 14.6. The molecule has 0 N–H and O–H groups in total. The van der Waals surface area contributed by atoms with Gasteiger partial charge in [-0.15, -0.1) is 0 Å². The minimum atomic E-state index is -0.406. The summed E-state index contributed by atoms with van der Waals surface area (Å²) in [4.78, 5) is 28.0. The van der Waals surface area contributed by atoms with E-state index < -0.39 is 5.82 Å². The van der Waals surface area contributed by atoms with E-state index in [1.54, 1.807) is 6.07 Å². The molecule has 3 aromatic rings. The molecular formula is C35H49FN6O2. The summed E-state index contributed by atoms with van der Waals surface area (Å²) in [5, 5.41) is 0. The van der Waals surface area contributed by atoms with E-state index in [1.165, 1.54) is 63.3 Å². The molecule has 238 valence electrons. The molecule has 0 bridgehead atoms. The Balaban J connectivity index is 1.22. The van der Waals surface area contributed by atoms with Crippen molar-refractivity contribution in [1.29, 1.82) is 0 Å². The average molecular weight is 605 g/mol. The van der Waals surface area contributed by atoms with E-state index in [0.717, 1.165) is 35.6 Å². The third kappa shape index (κ3) is 6.43. The van der Waals surface area contributed by atoms with Crippen LogP contribution >= 0.6 is 0 Å². The van der Waals surface area contributed by atoms with E-state index in [-0.39, 0.29) is 11.9 Å². The minimum absolute atomic E-state index is 0.0626. The summed E-state index contributed by atoms with van der Waals surface area (Å²) >= 11 is 0. The van der Waals surface area contributed by atoms with Crippen molar-refractivity contribution in [3.05, 3.63) is 59.4 Å². The molecular weight excluding hydrogens is 555 g/mol. The molecule has 2 atom stereocenters. The van der Waals surface area contributed by atoms with Crippen molar-refractivity contribution in [2.45, 2.75) is 58.5 Å². The number of ether oxygens (including phenoxy) is 1. The van der Waals surface area contributed by atoms with Gasteiger partial charge >= 0.3 is 0 Å². The van der Waals surface area contributed by atoms with Gasteiger partial charge in [-0.25, -0.2) is 9.37 Å². The van der Waals surface area contributed by atoms with Gasteiger partial charge in [0.05, 0.1) is 36.5 Å². The van der Waals surface area contributed by atoms with Crippen LogP contribution in [0.1, 0.15) is 61.3 Å². The number of amides is 1. The fraction of sp³-hybridized carbons (Fsp3) is 0.600. The second-order valence-corrected chi connectivity index (χ2v) is 13.6. The first-order valence-corrected chi connectivity index (χ1v) is 16.5. The van der Waals surface area contributed by atoms with Crippen LogP contribution in [0, 0.1) is 18.7 Å². The number of likely N-dealkylation sites (N-methyl/N-ethyl adjacent to an activating group) is 1. The molecule has 3 fully saturated rings. The van der Waals surface area contributed by atoms with Gasteiger partial charge in [0.25, 0.3) is 5.91 Å². The second-order valence-electron chi connectivity index (χ2n) is 13.6. The van der Waals surface area contributed by atoms with E-state index in [1.807, 2.05) is 24.9 Å². The molecule has 6 rings (SSSR count). The monoisotopic (exact) mass is 604 g/mol. The molecule has 1 aromatic carbocycles. The van der Waals surface area contributed by atoms with Crippen LogP contribution in [0.5, 0.6) is 0 Å². The van der Waals surface area contributed by atoms with Crippen molar-refractivity contribution < 1.29 is 13.9 Å². The first-order chi connectivity index (χ1) is 21.2. The number of benzene rings is 1. The summed E-state index contributed by atoms with van der Waals surface area (Å²) in [6, 6.07) is 7.36. The zero-order valence-electron chi connectivity index (χ0n) is 27.1. The first-order valence-electron chi connectivity index (χ1n) is 16.5. The fourth-order valence-corrected chi connectivity index (χ4v) is 7.32. The number of pyridine rings is 1. The van der Waals surface area contributed by atoms with Crippen molar-refractivity contribution >= 4 is 11.4 Å². The molecule has 44 heavy (non-hydrogen) atoms. The van der Waals surface area contributed by atoms with Crippen LogP contribution in [0.15, 0.2) is 36.7 Å². The number of carbonyl (C=O) groups is 1. The summed E-state index contributed by atoms with van der Waals surface area (Å²) < 4.78 is 22.3. The van der Waals surface area contributed by atoms with E-state index in [9.17, 15) is 9.18 Å². The molecule has 1 amide bonds. The minimum Gasteiger partial charge on any atom is -0.377 e. The number of likely N-dealkylation sites (tertiary alicyclic amines) is 1. The zero-order valence-corrected chi connectivity index (χ0v) is 27.1. The van der Waals surface area contributed by atoms with Gasteiger partial charge in [-0.2, -0.15) is 0 Å². The number of fused-ring (bicyclic) bond motifs is 1. The smallest absolute Gasteiger partial charge is 0.254 e. The van der Waals surface area contributed by atoms with E-state index in [2.05, 4.69) is 57.2 Å². The Morgan fingerprint density at radius 3 is 2.59 bits per heavy atom. The van der Waals surface area contributed by atoms with Gasteiger partial charge in [0.1, 0.15) is 11.6 Å². The Morgan fingerprint density at radius 1 is 1.09 bits per heavy atom. The highest BCUT2D eigenvalue weighted by Gasteiger charge is 2.35. The van der Waals surface area contributed by atoms with Gasteiger partial charge in [0.15, 0.2) is 0 Å². The Morgan fingerprint density at radius 2 is 1.86 bits per heavy atom. The second kappa shape index (κ2) is 13.3. The van der Waals surface area contributed by atoms with Gasteiger partial charge in [-0.1, -0.05) is 19.9 Å². The van der Waals surface area contributed by atoms with Gasteiger partial charge in [0.2, 0.25) is 0 Å². The van der Waals surface area contributed by atoms with Gasteiger partial charge in [0, 0.05) is 69.5 Å². The number of morpholine rings is 1. The highest BCUT2D eigenvalue weighted by Crippen LogP contribution is 2.37. The lowest BCUT2D eigenvalue weighted by Gasteiger charge is -2.46. The lowest BCUT2D eigenvalue weighted by molar-refractivity contribution is 0.00361. The van der Waals surface area contributed by atoms with E-state index in [4.69, 9.17) is 4.74 Å². The molecule has 3 aliphatic heterocycles. The largest absolute Gasteiger partial charge is 0.377 e. The molecule has 8 nitrogen and oxygen atoms in total. The third-order valence-electron chi connectivity index (χ3n) is 10.2. The summed E-state index contributed by atoms with van der Waals surface area (Å²) in [7, 11) is 2.21. The number of piperazine rings is 1. The summed E-state index contributed by atoms with van der Waals surface area (Å²) in [5.74, 6) is 1.35. The maximum Gasteiger partial charge on any atom is 0.254 e. The Labute approximate surface area is 261 Å². The molecule has 0 radical (unpaired) electrons. The first kappa shape index (κ1) is 31.1. The quantitative estimate of drug-likeness (QED) is 0.351. The third-order valence-corrected chi connectivity index (χ3v) is 10.2. The predicted molar refractivity (Wildman–Crippen MR) is 173 cm³/mol. The van der Waals surface area contributed by atoms with Crippen molar-refractivity contribution in [2.24, 2.45) is 5.92 Å². The number of hydrogen-bond donors (Lipinski definition) is 0. The van der Waals surface area contributed by atoms with Crippen molar-refractivity contribution in [2.75, 3.05) is 72.6 Å². The number of hydrogen-bond acceptors (Lipinski definition) is 6. The molecule has 0 spiro atoms. The number of imidazole rings is 1. The Hall–Kier alpha value is -2.85. The number of halogens is 1. The zero-order chi connectivity index (χ0) is 31.0. The summed E-state index contributed by atoms with van der Waals surface area (Å²) in [6.07, 6.45) is 6.55. The number of carbonyl (C=O) groups excluding carboxylic acids is 1. The number of aromatic nitrogens is 2. The molecule has 3 saturated heterocycles. The van der Waals surface area contributed by atoms with Crippen LogP contribution in [0.3, 0.4) is 0 Å². The molecule has 5 heterocycles. The number of rotatable bonds is 9. The van der Waals surface area contributed by atoms with Crippen LogP contribution in [0.2, 0.25) is 0 Å². The van der Waals surface area contributed by atoms with Crippen LogP contribution in [0.4, 0.5) is 4.39 Å². The van der Waals surface area contributed by atoms with Gasteiger partial charge < -0.3 is 23.8 Å². The number of nitrogens with zero attached hydrogens (tertiary/aromatic N) is 6. The van der Waals surface area contributed by atoms with Crippen LogP contribution in [0.25, 0.3) is 16.6 Å². The molecule has 3 aliphatic rings. The maximum absolute atomic E-state index is 14.6. The van der Waals surface area contributed by atoms with Crippen molar-refractivity contribution in [3.8, 4) is 11.1 Å². The normalized spacial score (nSPS) is 21.7. The SMILES string of the molecule is Cc1ncc2c(-c3ccc(F)cc3C(=O)N3CCOC[C@H]3C)cc(C3CN([C@@H](CCCN4CCN(C)CC4)C(C)C)C3)cn12. The van der Waals surface area contributed by atoms with Crippen LogP contribution in [-0.2, 0) is 4.74 Å². The topological polar surface area (TPSA) is 56.6 Å². The Kier molecular flexibility index (Phi) is 9.38. The lowest BCUT2D eigenvalue weighted by Crippen LogP contribution is -2.52. The van der Waals surface area contributed by atoms with Gasteiger partial charge in [-0.05, 0) is 75.5 Å². The summed E-state index contributed by atoms with van der Waals surface area (Å²) in [5.41, 5.74) is 4.25. The molecule has 2 aromatic heterocycles. The Bertz CT molecular complexity index is 1460. The van der Waals surface area contributed by atoms with Crippen molar-refractivity contribution in [3.63, 3.8) is 0 Å². The molecule has 0 unspecified atom stereocenters. The highest BCUT2D eigenvalue weighted by molar-refractivity contribution is 6.03. The van der Waals surface area contributed by atoms with E-state index in [0.29, 0.717) is 43.2 Å².